The molecule has 0 aliphatic carbocycles. The standard InChI is InChI=1S/C24H33N3O5/c1-16(2)32-20-8-7-17(12-21(20)31-3)13-25-14-18-19(15-25)24(30)27(23(18)29)11-5-10-26-9-4-6-22(26)28/h7-8,12,16,18-19H,4-6,9-11,13-15H2,1-3H3/t18-,19+. The molecule has 1 aromatic carbocycles. The fourth-order valence-electron chi connectivity index (χ4n) is 5.02. The van der Waals surface area contributed by atoms with Gasteiger partial charge in [-0.05, 0) is 44.4 Å². The number of carbonyl (C=O) groups is 3. The summed E-state index contributed by atoms with van der Waals surface area (Å²) in [6.07, 6.45) is 2.22. The summed E-state index contributed by atoms with van der Waals surface area (Å²) in [4.78, 5) is 43.0. The van der Waals surface area contributed by atoms with Gasteiger partial charge in [0, 0.05) is 45.7 Å². The fraction of sp³-hybridized carbons (Fsp3) is 0.625. The molecule has 32 heavy (non-hydrogen) atoms. The quantitative estimate of drug-likeness (QED) is 0.543. The summed E-state index contributed by atoms with van der Waals surface area (Å²) in [6.45, 7) is 7.59. The van der Waals surface area contributed by atoms with E-state index in [0.717, 1.165) is 18.5 Å². The second-order valence-electron chi connectivity index (χ2n) is 9.22. The van der Waals surface area contributed by atoms with Crippen LogP contribution in [0.1, 0.15) is 38.7 Å². The van der Waals surface area contributed by atoms with E-state index in [9.17, 15) is 14.4 Å². The number of rotatable bonds is 9. The lowest BCUT2D eigenvalue weighted by Gasteiger charge is -2.22. The van der Waals surface area contributed by atoms with Crippen molar-refractivity contribution in [2.45, 2.75) is 45.8 Å². The van der Waals surface area contributed by atoms with Crippen molar-refractivity contribution in [1.29, 1.82) is 0 Å². The van der Waals surface area contributed by atoms with Crippen LogP contribution in [0, 0.1) is 11.8 Å². The van der Waals surface area contributed by atoms with Gasteiger partial charge in [-0.25, -0.2) is 0 Å². The zero-order chi connectivity index (χ0) is 22.8. The van der Waals surface area contributed by atoms with Gasteiger partial charge in [-0.3, -0.25) is 24.2 Å². The smallest absolute Gasteiger partial charge is 0.234 e. The van der Waals surface area contributed by atoms with Crippen LogP contribution in [0.3, 0.4) is 0 Å². The summed E-state index contributed by atoms with van der Waals surface area (Å²) in [5.41, 5.74) is 1.06. The number of carbonyl (C=O) groups excluding carboxylic acids is 3. The first-order chi connectivity index (χ1) is 15.4. The third kappa shape index (κ3) is 4.60. The van der Waals surface area contributed by atoms with Crippen LogP contribution in [0.15, 0.2) is 18.2 Å². The molecule has 3 heterocycles. The van der Waals surface area contributed by atoms with Gasteiger partial charge in [0.1, 0.15) is 0 Å². The SMILES string of the molecule is COc1cc(CN2C[C@@H]3C(=O)N(CCCN4CCCC4=O)C(=O)[C@@H]3C2)ccc1OC(C)C. The molecular weight excluding hydrogens is 410 g/mol. The molecule has 4 rings (SSSR count). The maximum atomic E-state index is 12.9. The van der Waals surface area contributed by atoms with E-state index in [1.54, 1.807) is 7.11 Å². The maximum absolute atomic E-state index is 12.9. The summed E-state index contributed by atoms with van der Waals surface area (Å²) < 4.78 is 11.2. The van der Waals surface area contributed by atoms with Crippen LogP contribution in [-0.4, -0.2) is 78.4 Å². The third-order valence-corrected chi connectivity index (χ3v) is 6.54. The van der Waals surface area contributed by atoms with Gasteiger partial charge < -0.3 is 14.4 Å². The Hall–Kier alpha value is -2.61. The first-order valence-corrected chi connectivity index (χ1v) is 11.6. The number of imide groups is 1. The van der Waals surface area contributed by atoms with Crippen LogP contribution in [0.2, 0.25) is 0 Å². The summed E-state index contributed by atoms with van der Waals surface area (Å²) in [7, 11) is 1.62. The van der Waals surface area contributed by atoms with Crippen molar-refractivity contribution in [2.24, 2.45) is 11.8 Å². The van der Waals surface area contributed by atoms with E-state index in [0.29, 0.717) is 57.1 Å². The largest absolute Gasteiger partial charge is 0.493 e. The normalized spacial score (nSPS) is 23.6. The average molecular weight is 444 g/mol. The Kier molecular flexibility index (Phi) is 6.69. The predicted octanol–water partition coefficient (Wildman–Crippen LogP) is 1.91. The molecule has 0 bridgehead atoms. The van der Waals surface area contributed by atoms with Crippen molar-refractivity contribution in [3.8, 4) is 11.5 Å². The first-order valence-electron chi connectivity index (χ1n) is 11.6. The van der Waals surface area contributed by atoms with Gasteiger partial charge in [0.15, 0.2) is 11.5 Å². The molecule has 0 aromatic heterocycles. The molecule has 0 spiro atoms. The predicted molar refractivity (Wildman–Crippen MR) is 118 cm³/mol. The van der Waals surface area contributed by atoms with Crippen LogP contribution in [0.5, 0.6) is 11.5 Å². The number of hydrogen-bond donors (Lipinski definition) is 0. The van der Waals surface area contributed by atoms with E-state index in [-0.39, 0.29) is 35.7 Å². The van der Waals surface area contributed by atoms with Gasteiger partial charge in [-0.15, -0.1) is 0 Å². The zero-order valence-electron chi connectivity index (χ0n) is 19.2. The lowest BCUT2D eigenvalue weighted by molar-refractivity contribution is -0.140. The maximum Gasteiger partial charge on any atom is 0.234 e. The topological polar surface area (TPSA) is 79.4 Å². The molecule has 0 saturated carbocycles. The van der Waals surface area contributed by atoms with Gasteiger partial charge in [-0.2, -0.15) is 0 Å². The molecule has 3 fully saturated rings. The van der Waals surface area contributed by atoms with Gasteiger partial charge >= 0.3 is 0 Å². The minimum absolute atomic E-state index is 0.0588. The van der Waals surface area contributed by atoms with Crippen molar-refractivity contribution >= 4 is 17.7 Å². The molecule has 0 unspecified atom stereocenters. The molecule has 0 N–H and O–H groups in total. The number of hydrogen-bond acceptors (Lipinski definition) is 6. The van der Waals surface area contributed by atoms with Gasteiger partial charge in [0.2, 0.25) is 17.7 Å². The van der Waals surface area contributed by atoms with E-state index in [4.69, 9.17) is 9.47 Å². The van der Waals surface area contributed by atoms with Gasteiger partial charge in [-0.1, -0.05) is 6.07 Å². The Morgan fingerprint density at radius 2 is 1.75 bits per heavy atom. The van der Waals surface area contributed by atoms with E-state index >= 15 is 0 Å². The lowest BCUT2D eigenvalue weighted by Crippen LogP contribution is -2.38. The molecule has 1 aromatic rings. The van der Waals surface area contributed by atoms with Gasteiger partial charge in [0.25, 0.3) is 0 Å². The molecule has 3 saturated heterocycles. The molecule has 3 amide bonds. The average Bonchev–Trinajstić information content (AvgIpc) is 3.42. The van der Waals surface area contributed by atoms with Crippen molar-refractivity contribution in [3.63, 3.8) is 0 Å². The Labute approximate surface area is 189 Å². The van der Waals surface area contributed by atoms with E-state index < -0.39 is 0 Å². The minimum Gasteiger partial charge on any atom is -0.493 e. The van der Waals surface area contributed by atoms with Crippen LogP contribution in [-0.2, 0) is 20.9 Å². The number of fused-ring (bicyclic) bond motifs is 1. The first kappa shape index (κ1) is 22.6. The highest BCUT2D eigenvalue weighted by molar-refractivity contribution is 6.05. The molecule has 174 valence electrons. The Morgan fingerprint density at radius 1 is 1.03 bits per heavy atom. The molecule has 3 aliphatic heterocycles. The summed E-state index contributed by atoms with van der Waals surface area (Å²) >= 11 is 0. The molecule has 0 radical (unpaired) electrons. The third-order valence-electron chi connectivity index (χ3n) is 6.54. The van der Waals surface area contributed by atoms with Crippen molar-refractivity contribution in [2.75, 3.05) is 39.8 Å². The Balaban J connectivity index is 1.31. The molecular formula is C24H33N3O5. The summed E-state index contributed by atoms with van der Waals surface area (Å²) in [5.74, 6) is 0.924. The van der Waals surface area contributed by atoms with Gasteiger partial charge in [0.05, 0.1) is 25.0 Å². The number of ether oxygens (including phenoxy) is 2. The Morgan fingerprint density at radius 3 is 2.34 bits per heavy atom. The number of methoxy groups -OCH3 is 1. The van der Waals surface area contributed by atoms with Crippen LogP contribution < -0.4 is 9.47 Å². The second kappa shape index (κ2) is 9.48. The summed E-state index contributed by atoms with van der Waals surface area (Å²) in [6, 6.07) is 5.87. The van der Waals surface area contributed by atoms with Crippen LogP contribution >= 0.6 is 0 Å². The zero-order valence-corrected chi connectivity index (χ0v) is 19.2. The second-order valence-corrected chi connectivity index (χ2v) is 9.22. The highest BCUT2D eigenvalue weighted by Gasteiger charge is 2.51. The molecule has 3 aliphatic rings. The van der Waals surface area contributed by atoms with Crippen LogP contribution in [0.4, 0.5) is 0 Å². The van der Waals surface area contributed by atoms with Crippen molar-refractivity contribution in [1.82, 2.24) is 14.7 Å². The Bertz CT molecular complexity index is 862. The van der Waals surface area contributed by atoms with Crippen molar-refractivity contribution in [3.05, 3.63) is 23.8 Å². The highest BCUT2D eigenvalue weighted by atomic mass is 16.5. The molecule has 8 heteroatoms. The highest BCUT2D eigenvalue weighted by Crippen LogP contribution is 2.35. The lowest BCUT2D eigenvalue weighted by atomic mass is 10.00. The van der Waals surface area contributed by atoms with Crippen molar-refractivity contribution < 1.29 is 23.9 Å². The van der Waals surface area contributed by atoms with E-state index in [1.807, 2.05) is 36.9 Å². The summed E-state index contributed by atoms with van der Waals surface area (Å²) in [5, 5.41) is 0. The molecule has 8 nitrogen and oxygen atoms in total. The minimum atomic E-state index is -0.263. The molecule has 2 atom stereocenters. The van der Waals surface area contributed by atoms with E-state index in [2.05, 4.69) is 4.90 Å². The number of benzene rings is 1. The van der Waals surface area contributed by atoms with E-state index in [1.165, 1.54) is 4.90 Å². The monoisotopic (exact) mass is 443 g/mol. The number of nitrogens with zero attached hydrogens (tertiary/aromatic N) is 3. The fourth-order valence-corrected chi connectivity index (χ4v) is 5.02. The number of amides is 3. The van der Waals surface area contributed by atoms with Crippen LogP contribution in [0.25, 0.3) is 0 Å². The number of likely N-dealkylation sites (tertiary alicyclic amines) is 3.